The summed E-state index contributed by atoms with van der Waals surface area (Å²) in [6.45, 7) is 1.28. The molecule has 0 unspecified atom stereocenters. The van der Waals surface area contributed by atoms with Gasteiger partial charge in [-0.3, -0.25) is 19.2 Å². The second kappa shape index (κ2) is 15.7. The van der Waals surface area contributed by atoms with Crippen molar-refractivity contribution in [3.8, 4) is 28.4 Å². The van der Waals surface area contributed by atoms with Crippen LogP contribution < -0.4 is 24.8 Å². The van der Waals surface area contributed by atoms with Gasteiger partial charge in [-0.1, -0.05) is 12.1 Å². The summed E-state index contributed by atoms with van der Waals surface area (Å²) in [6.07, 6.45) is 1.11. The summed E-state index contributed by atoms with van der Waals surface area (Å²) in [7, 11) is 1.54. The summed E-state index contributed by atoms with van der Waals surface area (Å²) in [5.74, 6) is -1.19. The molecule has 256 valence electrons. The van der Waals surface area contributed by atoms with Gasteiger partial charge in [0.2, 0.25) is 5.91 Å². The van der Waals surface area contributed by atoms with E-state index in [1.807, 2.05) is 6.07 Å². The number of fused-ring (bicyclic) bond motifs is 8. The van der Waals surface area contributed by atoms with Crippen LogP contribution in [-0.2, 0) is 27.5 Å². The number of hydrogen-bond donors (Lipinski definition) is 3. The molecule has 3 N–H and O–H groups in total. The van der Waals surface area contributed by atoms with Crippen molar-refractivity contribution in [1.82, 2.24) is 35.7 Å². The normalized spacial score (nSPS) is 17.5. The molecule has 49 heavy (non-hydrogen) atoms. The van der Waals surface area contributed by atoms with Gasteiger partial charge in [0.1, 0.15) is 42.0 Å². The van der Waals surface area contributed by atoms with Gasteiger partial charge in [-0.15, -0.1) is 5.10 Å². The lowest BCUT2D eigenvalue weighted by Gasteiger charge is -2.39. The van der Waals surface area contributed by atoms with Gasteiger partial charge in [-0.25, -0.2) is 9.07 Å². The molecule has 3 heterocycles. The molecule has 16 heteroatoms. The van der Waals surface area contributed by atoms with Crippen LogP contribution in [0.5, 0.6) is 17.2 Å². The second-order valence-corrected chi connectivity index (χ2v) is 11.2. The third-order valence-electron chi connectivity index (χ3n) is 7.59. The molecule has 3 amide bonds. The molecule has 0 spiro atoms. The molecule has 3 aromatic carbocycles. The predicted molar refractivity (Wildman–Crippen MR) is 170 cm³/mol. The third-order valence-corrected chi connectivity index (χ3v) is 7.59. The number of likely N-dealkylation sites (tertiary alicyclic amines) is 1. The highest BCUT2D eigenvalue weighted by Crippen LogP contribution is 2.33. The molecule has 0 radical (unpaired) electrons. The molecule has 4 aromatic rings. The number of hydrogen-bond acceptors (Lipinski definition) is 10. The number of benzene rings is 3. The molecule has 2 aliphatic rings. The van der Waals surface area contributed by atoms with E-state index < -0.39 is 35.7 Å². The van der Waals surface area contributed by atoms with E-state index in [2.05, 4.69) is 26.2 Å². The zero-order valence-electron chi connectivity index (χ0n) is 26.7. The number of halogens is 1. The highest BCUT2D eigenvalue weighted by atomic mass is 19.1. The number of carbonyl (C=O) groups is 4. The molecule has 15 nitrogen and oxygen atoms in total. The minimum Gasteiger partial charge on any atom is -0.496 e. The molecule has 0 aliphatic carbocycles. The highest BCUT2D eigenvalue weighted by Gasteiger charge is 2.35. The summed E-state index contributed by atoms with van der Waals surface area (Å²) in [4.78, 5) is 50.0. The number of amides is 3. The number of carboxylic acids is 1. The number of carbonyl (C=O) groups excluding carboxylic acids is 3. The smallest absolute Gasteiger partial charge is 0.300 e. The quantitative estimate of drug-likeness (QED) is 0.289. The number of aliphatic carboxylic acids is 1. The van der Waals surface area contributed by atoms with Gasteiger partial charge in [-0.05, 0) is 64.0 Å². The van der Waals surface area contributed by atoms with Crippen LogP contribution >= 0.6 is 0 Å². The van der Waals surface area contributed by atoms with Crippen molar-refractivity contribution in [2.45, 2.75) is 38.6 Å². The summed E-state index contributed by atoms with van der Waals surface area (Å²) in [5, 5.41) is 24.1. The summed E-state index contributed by atoms with van der Waals surface area (Å²) in [5.41, 5.74) is 2.18. The Morgan fingerprint density at radius 3 is 2.65 bits per heavy atom. The Hall–Kier alpha value is -6.06. The van der Waals surface area contributed by atoms with E-state index in [0.29, 0.717) is 46.7 Å². The number of aromatic nitrogens is 4. The maximum Gasteiger partial charge on any atom is 0.300 e. The van der Waals surface area contributed by atoms with Gasteiger partial charge < -0.3 is 34.9 Å². The fourth-order valence-corrected chi connectivity index (χ4v) is 5.37. The molecule has 1 aromatic heterocycles. The first kappa shape index (κ1) is 34.3. The average Bonchev–Trinajstić information content (AvgIpc) is 3.59. The molecule has 2 atom stereocenters. The first-order valence-corrected chi connectivity index (χ1v) is 15.2. The number of rotatable bonds is 3. The fraction of sp³-hybridized carbons (Fsp3) is 0.303. The van der Waals surface area contributed by atoms with E-state index >= 15 is 0 Å². The Morgan fingerprint density at radius 2 is 1.90 bits per heavy atom. The Bertz CT molecular complexity index is 1820. The minimum absolute atomic E-state index is 0.0453. The molecule has 1 fully saturated rings. The predicted octanol–water partition coefficient (Wildman–Crippen LogP) is 2.07. The first-order valence-electron chi connectivity index (χ1n) is 15.2. The lowest BCUT2D eigenvalue weighted by atomic mass is 9.99. The monoisotopic (exact) mass is 675 g/mol. The van der Waals surface area contributed by atoms with Crippen LogP contribution in [-0.4, -0.2) is 92.9 Å². The van der Waals surface area contributed by atoms with Crippen LogP contribution in [0.2, 0.25) is 0 Å². The average molecular weight is 676 g/mol. The number of ether oxygens (including phenoxy) is 3. The van der Waals surface area contributed by atoms with E-state index in [-0.39, 0.29) is 37.9 Å². The largest absolute Gasteiger partial charge is 0.496 e. The van der Waals surface area contributed by atoms with Crippen molar-refractivity contribution < 1.29 is 42.9 Å². The van der Waals surface area contributed by atoms with Crippen molar-refractivity contribution in [1.29, 1.82) is 0 Å². The Balaban J connectivity index is 0.00000111. The number of methoxy groups -OCH3 is 1. The maximum atomic E-state index is 14.7. The molecular weight excluding hydrogens is 641 g/mol. The van der Waals surface area contributed by atoms with Crippen molar-refractivity contribution in [2.75, 3.05) is 26.8 Å². The van der Waals surface area contributed by atoms with Crippen LogP contribution in [0.4, 0.5) is 4.39 Å². The Labute approximate surface area is 279 Å². The SMILES string of the molecule is CC(=O)O.COc1ccc2cc1-c1cccc(c1)OCC(=O)NCc1cc(F)cc(c1)O[C@@H]1CCN(C(=O)Cn3cnnn3)C[C@H]1NC2=O. The second-order valence-electron chi connectivity index (χ2n) is 11.2. The number of nitrogens with zero attached hydrogens (tertiary/aromatic N) is 5. The van der Waals surface area contributed by atoms with Crippen LogP contribution in [0.25, 0.3) is 11.1 Å². The van der Waals surface area contributed by atoms with Crippen molar-refractivity contribution in [3.63, 3.8) is 0 Å². The van der Waals surface area contributed by atoms with Crippen molar-refractivity contribution >= 4 is 23.7 Å². The van der Waals surface area contributed by atoms with E-state index in [9.17, 15) is 18.8 Å². The summed E-state index contributed by atoms with van der Waals surface area (Å²) in [6, 6.07) is 15.6. The molecule has 6 rings (SSSR count). The van der Waals surface area contributed by atoms with Crippen LogP contribution in [0.1, 0.15) is 29.3 Å². The van der Waals surface area contributed by atoms with Crippen molar-refractivity contribution in [2.24, 2.45) is 0 Å². The van der Waals surface area contributed by atoms with Gasteiger partial charge in [0.15, 0.2) is 6.61 Å². The third kappa shape index (κ3) is 9.27. The van der Waals surface area contributed by atoms with Gasteiger partial charge in [-0.2, -0.15) is 0 Å². The van der Waals surface area contributed by atoms with Gasteiger partial charge >= 0.3 is 0 Å². The fourth-order valence-electron chi connectivity index (χ4n) is 5.37. The number of tetrazole rings is 1. The molecule has 1 saturated heterocycles. The first-order chi connectivity index (χ1) is 23.6. The number of piperidine rings is 1. The number of nitrogens with one attached hydrogen (secondary N) is 2. The van der Waals surface area contributed by atoms with E-state index in [1.54, 1.807) is 47.4 Å². The lowest BCUT2D eigenvalue weighted by molar-refractivity contribution is -0.135. The number of carboxylic acid groups (broad SMARTS) is 1. The zero-order chi connectivity index (χ0) is 34.9. The topological polar surface area (TPSA) is 187 Å². The Morgan fingerprint density at radius 1 is 1.08 bits per heavy atom. The standard InChI is InChI=1S/C31H30FN7O6.C2H4O2/c1-43-27-6-5-21-12-25(27)20-3-2-4-23(11-20)44-17-29(40)33-14-19-9-22(32)13-24(10-19)45-28-7-8-38(15-26(28)35-31(21)42)30(41)16-39-18-34-36-37-39;1-2(3)4/h2-6,9-13,18,26,28H,7-8,14-17H2,1H3,(H,33,40)(H,35,42);1H3,(H,3,4)/t26-,28-;/m1./s1. The van der Waals surface area contributed by atoms with E-state index in [4.69, 9.17) is 24.1 Å². The highest BCUT2D eigenvalue weighted by molar-refractivity contribution is 5.96. The van der Waals surface area contributed by atoms with E-state index in [0.717, 1.165) is 6.92 Å². The lowest BCUT2D eigenvalue weighted by Crippen LogP contribution is -2.58. The van der Waals surface area contributed by atoms with Gasteiger partial charge in [0.25, 0.3) is 17.8 Å². The van der Waals surface area contributed by atoms with Crippen molar-refractivity contribution in [3.05, 3.63) is 83.9 Å². The minimum atomic E-state index is -0.833. The zero-order valence-corrected chi connectivity index (χ0v) is 26.7. The van der Waals surface area contributed by atoms with Gasteiger partial charge in [0.05, 0.1) is 13.2 Å². The molecule has 6 bridgehead atoms. The van der Waals surface area contributed by atoms with Gasteiger partial charge in [0, 0.05) is 50.2 Å². The van der Waals surface area contributed by atoms with E-state index in [1.165, 1.54) is 30.3 Å². The summed E-state index contributed by atoms with van der Waals surface area (Å²) < 4.78 is 33.5. The summed E-state index contributed by atoms with van der Waals surface area (Å²) >= 11 is 0. The molecule has 0 saturated carbocycles. The Kier molecular flexibility index (Phi) is 11.0. The molecule has 2 aliphatic heterocycles. The van der Waals surface area contributed by atoms with Crippen LogP contribution in [0.3, 0.4) is 0 Å². The van der Waals surface area contributed by atoms with Crippen LogP contribution in [0, 0.1) is 5.82 Å². The van der Waals surface area contributed by atoms with Crippen LogP contribution in [0.15, 0.2) is 67.0 Å². The molecular formula is C33H34FN7O8. The maximum absolute atomic E-state index is 14.7.